The molecule has 96 valence electrons. The first kappa shape index (κ1) is 11.7. The van der Waals surface area contributed by atoms with Crippen LogP contribution in [0.3, 0.4) is 0 Å². The quantitative estimate of drug-likeness (QED) is 0.836. The van der Waals surface area contributed by atoms with E-state index in [9.17, 15) is 0 Å². The Balaban J connectivity index is 2.04. The number of hydrogen-bond donors (Lipinski definition) is 1. The first-order chi connectivity index (χ1) is 8.59. The average Bonchev–Trinajstić information content (AvgIpc) is 2.76. The van der Waals surface area contributed by atoms with Crippen LogP contribution in [-0.2, 0) is 0 Å². The summed E-state index contributed by atoms with van der Waals surface area (Å²) >= 11 is 0. The van der Waals surface area contributed by atoms with E-state index < -0.39 is 0 Å². The Bertz CT molecular complexity index is 556. The van der Waals surface area contributed by atoms with Crippen molar-refractivity contribution in [2.45, 2.75) is 45.2 Å². The Morgan fingerprint density at radius 3 is 2.94 bits per heavy atom. The van der Waals surface area contributed by atoms with Crippen LogP contribution in [0.1, 0.15) is 39.2 Å². The third kappa shape index (κ3) is 1.74. The zero-order chi connectivity index (χ0) is 12.8. The van der Waals surface area contributed by atoms with E-state index in [4.69, 9.17) is 5.73 Å². The smallest absolute Gasteiger partial charge is 0.0686 e. The van der Waals surface area contributed by atoms with E-state index in [0.717, 1.165) is 6.42 Å². The van der Waals surface area contributed by atoms with Gasteiger partial charge in [-0.1, -0.05) is 38.5 Å². The topological polar surface area (TPSA) is 43.8 Å². The van der Waals surface area contributed by atoms with Crippen molar-refractivity contribution in [3.63, 3.8) is 0 Å². The van der Waals surface area contributed by atoms with Crippen molar-refractivity contribution in [3.05, 3.63) is 30.5 Å². The van der Waals surface area contributed by atoms with Gasteiger partial charge in [-0.05, 0) is 24.3 Å². The molecule has 0 spiro atoms. The van der Waals surface area contributed by atoms with Gasteiger partial charge >= 0.3 is 0 Å². The number of nitrogens with zero attached hydrogens (tertiary/aromatic N) is 2. The van der Waals surface area contributed by atoms with E-state index in [-0.39, 0.29) is 11.5 Å². The van der Waals surface area contributed by atoms with Crippen molar-refractivity contribution >= 4 is 10.9 Å². The molecule has 1 aliphatic carbocycles. The van der Waals surface area contributed by atoms with Crippen LogP contribution in [0.15, 0.2) is 30.5 Å². The summed E-state index contributed by atoms with van der Waals surface area (Å²) in [5.41, 5.74) is 7.89. The molecule has 3 rings (SSSR count). The molecule has 0 amide bonds. The minimum atomic E-state index is 0.176. The van der Waals surface area contributed by atoms with Gasteiger partial charge in [0.1, 0.15) is 0 Å². The molecule has 0 bridgehead atoms. The van der Waals surface area contributed by atoms with Gasteiger partial charge < -0.3 is 5.73 Å². The van der Waals surface area contributed by atoms with Crippen molar-refractivity contribution < 1.29 is 0 Å². The highest BCUT2D eigenvalue weighted by Crippen LogP contribution is 2.40. The van der Waals surface area contributed by atoms with Crippen LogP contribution in [0.25, 0.3) is 10.9 Å². The number of benzene rings is 1. The second-order valence-electron chi connectivity index (χ2n) is 6.12. The normalized spacial score (nSPS) is 27.5. The fourth-order valence-corrected chi connectivity index (χ4v) is 3.16. The average molecular weight is 243 g/mol. The van der Waals surface area contributed by atoms with Gasteiger partial charge in [-0.15, -0.1) is 0 Å². The predicted octanol–water partition coefficient (Wildman–Crippen LogP) is 3.11. The van der Waals surface area contributed by atoms with E-state index in [1.807, 2.05) is 6.20 Å². The molecule has 1 aromatic heterocycles. The lowest BCUT2D eigenvalue weighted by Gasteiger charge is -2.42. The Hall–Kier alpha value is -1.35. The standard InChI is InChI=1S/C15H21N3/c1-15(2)9-5-8-13(14(15)16)18-12-7-4-3-6-11(12)10-17-18/h3-4,6-7,10,13-14H,5,8-9,16H2,1-2H3. The van der Waals surface area contributed by atoms with E-state index in [1.165, 1.54) is 23.7 Å². The highest BCUT2D eigenvalue weighted by atomic mass is 15.3. The molecule has 18 heavy (non-hydrogen) atoms. The van der Waals surface area contributed by atoms with Crippen LogP contribution in [0.2, 0.25) is 0 Å². The van der Waals surface area contributed by atoms with Gasteiger partial charge in [0.25, 0.3) is 0 Å². The number of nitrogens with two attached hydrogens (primary N) is 1. The third-order valence-corrected chi connectivity index (χ3v) is 4.46. The molecule has 1 heterocycles. The molecule has 2 atom stereocenters. The lowest BCUT2D eigenvalue weighted by molar-refractivity contribution is 0.138. The van der Waals surface area contributed by atoms with E-state index in [2.05, 4.69) is 47.9 Å². The molecule has 1 aliphatic rings. The number of hydrogen-bond acceptors (Lipinski definition) is 2. The highest BCUT2D eigenvalue weighted by Gasteiger charge is 2.38. The summed E-state index contributed by atoms with van der Waals surface area (Å²) in [7, 11) is 0. The summed E-state index contributed by atoms with van der Waals surface area (Å²) in [4.78, 5) is 0. The van der Waals surface area contributed by atoms with Crippen molar-refractivity contribution in [3.8, 4) is 0 Å². The zero-order valence-electron chi connectivity index (χ0n) is 11.1. The molecule has 1 fully saturated rings. The molecular formula is C15H21N3. The van der Waals surface area contributed by atoms with E-state index in [0.29, 0.717) is 6.04 Å². The fourth-order valence-electron chi connectivity index (χ4n) is 3.16. The summed E-state index contributed by atoms with van der Waals surface area (Å²) in [5, 5.41) is 5.77. The van der Waals surface area contributed by atoms with Crippen LogP contribution in [0.4, 0.5) is 0 Å². The van der Waals surface area contributed by atoms with Crippen molar-refractivity contribution in [1.29, 1.82) is 0 Å². The number of para-hydroxylation sites is 1. The molecule has 2 unspecified atom stereocenters. The van der Waals surface area contributed by atoms with Crippen LogP contribution >= 0.6 is 0 Å². The van der Waals surface area contributed by atoms with Gasteiger partial charge in [0.15, 0.2) is 0 Å². The van der Waals surface area contributed by atoms with Gasteiger partial charge in [-0.25, -0.2) is 0 Å². The fraction of sp³-hybridized carbons (Fsp3) is 0.533. The van der Waals surface area contributed by atoms with Gasteiger partial charge in [0, 0.05) is 11.4 Å². The Labute approximate surface area is 108 Å². The largest absolute Gasteiger partial charge is 0.325 e. The number of aromatic nitrogens is 2. The van der Waals surface area contributed by atoms with Gasteiger partial charge in [0.2, 0.25) is 0 Å². The summed E-state index contributed by atoms with van der Waals surface area (Å²) in [6, 6.07) is 8.87. The van der Waals surface area contributed by atoms with E-state index >= 15 is 0 Å². The van der Waals surface area contributed by atoms with Gasteiger partial charge in [-0.3, -0.25) is 4.68 Å². The molecule has 1 aromatic carbocycles. The van der Waals surface area contributed by atoms with Crippen molar-refractivity contribution in [1.82, 2.24) is 9.78 Å². The first-order valence-electron chi connectivity index (χ1n) is 6.77. The first-order valence-corrected chi connectivity index (χ1v) is 6.77. The minimum Gasteiger partial charge on any atom is -0.325 e. The monoisotopic (exact) mass is 243 g/mol. The zero-order valence-corrected chi connectivity index (χ0v) is 11.1. The lowest BCUT2D eigenvalue weighted by atomic mass is 9.71. The Morgan fingerprint density at radius 1 is 1.33 bits per heavy atom. The van der Waals surface area contributed by atoms with Crippen LogP contribution in [-0.4, -0.2) is 15.8 Å². The lowest BCUT2D eigenvalue weighted by Crippen LogP contribution is -2.47. The summed E-state index contributed by atoms with van der Waals surface area (Å²) in [6.07, 6.45) is 5.53. The van der Waals surface area contributed by atoms with Gasteiger partial charge in [-0.2, -0.15) is 5.10 Å². The molecule has 0 aliphatic heterocycles. The highest BCUT2D eigenvalue weighted by molar-refractivity contribution is 5.78. The molecular weight excluding hydrogens is 222 g/mol. The number of fused-ring (bicyclic) bond motifs is 1. The molecule has 2 aromatic rings. The van der Waals surface area contributed by atoms with Crippen molar-refractivity contribution in [2.24, 2.45) is 11.1 Å². The maximum atomic E-state index is 6.48. The molecule has 1 saturated carbocycles. The van der Waals surface area contributed by atoms with Crippen LogP contribution in [0, 0.1) is 5.41 Å². The van der Waals surface area contributed by atoms with Crippen LogP contribution in [0.5, 0.6) is 0 Å². The van der Waals surface area contributed by atoms with Gasteiger partial charge in [0.05, 0.1) is 17.8 Å². The van der Waals surface area contributed by atoms with Crippen LogP contribution < -0.4 is 5.73 Å². The molecule has 0 saturated heterocycles. The minimum absolute atomic E-state index is 0.176. The Kier molecular flexibility index (Phi) is 2.67. The number of rotatable bonds is 1. The maximum absolute atomic E-state index is 6.48. The maximum Gasteiger partial charge on any atom is 0.0686 e. The summed E-state index contributed by atoms with van der Waals surface area (Å²) in [6.45, 7) is 4.55. The molecule has 0 radical (unpaired) electrons. The Morgan fingerprint density at radius 2 is 2.11 bits per heavy atom. The molecule has 3 heteroatoms. The van der Waals surface area contributed by atoms with E-state index in [1.54, 1.807) is 0 Å². The molecule has 3 nitrogen and oxygen atoms in total. The predicted molar refractivity (Wildman–Crippen MR) is 74.4 cm³/mol. The third-order valence-electron chi connectivity index (χ3n) is 4.46. The summed E-state index contributed by atoms with van der Waals surface area (Å²) in [5.74, 6) is 0. The second kappa shape index (κ2) is 4.09. The van der Waals surface area contributed by atoms with Crippen molar-refractivity contribution in [2.75, 3.05) is 0 Å². The molecule has 2 N–H and O–H groups in total. The second-order valence-corrected chi connectivity index (χ2v) is 6.12. The summed E-state index contributed by atoms with van der Waals surface area (Å²) < 4.78 is 2.14. The SMILES string of the molecule is CC1(C)CCCC(n2ncc3ccccc32)C1N.